The third-order valence-corrected chi connectivity index (χ3v) is 3.77. The second-order valence-electron chi connectivity index (χ2n) is 4.39. The number of benzene rings is 1. The van der Waals surface area contributed by atoms with E-state index in [0.29, 0.717) is 17.9 Å². The maximum absolute atomic E-state index is 11.3. The van der Waals surface area contributed by atoms with Gasteiger partial charge in [-0.15, -0.1) is 11.3 Å². The molecule has 106 valence electrons. The van der Waals surface area contributed by atoms with Crippen molar-refractivity contribution in [2.45, 2.75) is 13.5 Å². The number of aryl methyl sites for hydroxylation is 1. The fraction of sp³-hybridized carbons (Fsp3) is 0.308. The van der Waals surface area contributed by atoms with Gasteiger partial charge in [-0.2, -0.15) is 0 Å². The number of nitro groups is 1. The largest absolute Gasteiger partial charge is 0.382 e. The van der Waals surface area contributed by atoms with E-state index in [9.17, 15) is 10.1 Å². The Hall–Kier alpha value is -2.15. The zero-order chi connectivity index (χ0) is 14.7. The molecule has 2 aromatic rings. The molecule has 0 amide bonds. The molecule has 1 aromatic carbocycles. The van der Waals surface area contributed by atoms with E-state index in [2.05, 4.69) is 10.3 Å². The van der Waals surface area contributed by atoms with Crippen LogP contribution in [0.5, 0.6) is 0 Å². The molecule has 0 spiro atoms. The summed E-state index contributed by atoms with van der Waals surface area (Å²) in [7, 11) is 3.51. The van der Waals surface area contributed by atoms with Crippen LogP contribution in [0, 0.1) is 17.0 Å². The smallest absolute Gasteiger partial charge is 0.315 e. The van der Waals surface area contributed by atoms with Crippen molar-refractivity contribution in [3.8, 4) is 0 Å². The van der Waals surface area contributed by atoms with Gasteiger partial charge in [0.25, 0.3) is 0 Å². The second-order valence-corrected chi connectivity index (χ2v) is 5.46. The standard InChI is InChI=1S/C13H16N4O2S/c1-9-15-10(8-20-9)7-16(3)12-6-4-5-11(14-2)13(12)17(18)19/h4-6,8,14H,7H2,1-3H3. The Morgan fingerprint density at radius 3 is 2.80 bits per heavy atom. The predicted octanol–water partition coefficient (Wildman–Crippen LogP) is 3.04. The first kappa shape index (κ1) is 14.3. The van der Waals surface area contributed by atoms with Crippen molar-refractivity contribution in [1.82, 2.24) is 4.98 Å². The van der Waals surface area contributed by atoms with Crippen LogP contribution in [0.4, 0.5) is 17.1 Å². The van der Waals surface area contributed by atoms with Crippen molar-refractivity contribution in [1.29, 1.82) is 0 Å². The Kier molecular flexibility index (Phi) is 4.19. The Bertz CT molecular complexity index is 627. The van der Waals surface area contributed by atoms with Crippen LogP contribution in [0.2, 0.25) is 0 Å². The highest BCUT2D eigenvalue weighted by molar-refractivity contribution is 7.09. The monoisotopic (exact) mass is 292 g/mol. The van der Waals surface area contributed by atoms with Gasteiger partial charge < -0.3 is 10.2 Å². The molecule has 0 saturated heterocycles. The molecular formula is C13H16N4O2S. The van der Waals surface area contributed by atoms with E-state index in [0.717, 1.165) is 10.7 Å². The molecule has 0 saturated carbocycles. The van der Waals surface area contributed by atoms with Crippen LogP contribution in [0.15, 0.2) is 23.6 Å². The van der Waals surface area contributed by atoms with Crippen molar-refractivity contribution in [3.63, 3.8) is 0 Å². The fourth-order valence-corrected chi connectivity index (χ4v) is 2.65. The minimum absolute atomic E-state index is 0.0875. The van der Waals surface area contributed by atoms with Gasteiger partial charge in [0.15, 0.2) is 0 Å². The van der Waals surface area contributed by atoms with E-state index in [1.807, 2.05) is 24.3 Å². The van der Waals surface area contributed by atoms with Crippen molar-refractivity contribution < 1.29 is 4.92 Å². The van der Waals surface area contributed by atoms with Crippen LogP contribution in [0.3, 0.4) is 0 Å². The normalized spacial score (nSPS) is 10.3. The van der Waals surface area contributed by atoms with Crippen LogP contribution >= 0.6 is 11.3 Å². The highest BCUT2D eigenvalue weighted by Crippen LogP contribution is 2.35. The third-order valence-electron chi connectivity index (χ3n) is 2.94. The van der Waals surface area contributed by atoms with E-state index in [-0.39, 0.29) is 10.6 Å². The summed E-state index contributed by atoms with van der Waals surface area (Å²) in [6.45, 7) is 2.48. The summed E-state index contributed by atoms with van der Waals surface area (Å²) in [5.41, 5.74) is 2.09. The summed E-state index contributed by atoms with van der Waals surface area (Å²) in [5, 5.41) is 17.1. The number of hydrogen-bond donors (Lipinski definition) is 1. The number of rotatable bonds is 5. The summed E-state index contributed by atoms with van der Waals surface area (Å²) in [4.78, 5) is 17.2. The van der Waals surface area contributed by atoms with E-state index < -0.39 is 0 Å². The van der Waals surface area contributed by atoms with Gasteiger partial charge in [0.2, 0.25) is 0 Å². The Morgan fingerprint density at radius 2 is 2.25 bits per heavy atom. The molecule has 0 aliphatic carbocycles. The molecule has 7 heteroatoms. The quantitative estimate of drug-likeness (QED) is 0.677. The molecule has 0 bridgehead atoms. The van der Waals surface area contributed by atoms with Crippen molar-refractivity contribution >= 4 is 28.4 Å². The van der Waals surface area contributed by atoms with Gasteiger partial charge in [0.05, 0.1) is 22.2 Å². The lowest BCUT2D eigenvalue weighted by molar-refractivity contribution is -0.383. The molecule has 0 unspecified atom stereocenters. The Labute approximate surface area is 121 Å². The topological polar surface area (TPSA) is 71.3 Å². The lowest BCUT2D eigenvalue weighted by Crippen LogP contribution is -2.18. The summed E-state index contributed by atoms with van der Waals surface area (Å²) in [6, 6.07) is 5.25. The first-order valence-corrected chi connectivity index (χ1v) is 6.98. The summed E-state index contributed by atoms with van der Waals surface area (Å²) < 4.78 is 0. The second kappa shape index (κ2) is 5.87. The molecule has 0 radical (unpaired) electrons. The van der Waals surface area contributed by atoms with E-state index in [4.69, 9.17) is 0 Å². The number of aromatic nitrogens is 1. The maximum atomic E-state index is 11.3. The van der Waals surface area contributed by atoms with Gasteiger partial charge in [0.1, 0.15) is 11.4 Å². The van der Waals surface area contributed by atoms with Gasteiger partial charge in [-0.05, 0) is 19.1 Å². The zero-order valence-electron chi connectivity index (χ0n) is 11.6. The number of nitrogens with one attached hydrogen (secondary N) is 1. The molecule has 1 aromatic heterocycles. The highest BCUT2D eigenvalue weighted by Gasteiger charge is 2.21. The Balaban J connectivity index is 2.34. The number of anilines is 2. The SMILES string of the molecule is CNc1cccc(N(C)Cc2csc(C)n2)c1[N+](=O)[O-]. The van der Waals surface area contributed by atoms with Crippen LogP contribution in [-0.4, -0.2) is 24.0 Å². The first-order valence-electron chi connectivity index (χ1n) is 6.10. The number of nitro benzene ring substituents is 1. The average Bonchev–Trinajstić information content (AvgIpc) is 2.82. The van der Waals surface area contributed by atoms with Crippen molar-refractivity contribution in [2.24, 2.45) is 0 Å². The van der Waals surface area contributed by atoms with Gasteiger partial charge >= 0.3 is 5.69 Å². The summed E-state index contributed by atoms with van der Waals surface area (Å²) in [5.74, 6) is 0. The lowest BCUT2D eigenvalue weighted by Gasteiger charge is -2.19. The molecular weight excluding hydrogens is 276 g/mol. The number of hydrogen-bond acceptors (Lipinski definition) is 6. The minimum atomic E-state index is -0.357. The highest BCUT2D eigenvalue weighted by atomic mass is 32.1. The molecule has 6 nitrogen and oxygen atoms in total. The maximum Gasteiger partial charge on any atom is 0.315 e. The van der Waals surface area contributed by atoms with Gasteiger partial charge in [-0.1, -0.05) is 6.07 Å². The molecule has 20 heavy (non-hydrogen) atoms. The summed E-state index contributed by atoms with van der Waals surface area (Å²) >= 11 is 1.58. The number of para-hydroxylation sites is 1. The van der Waals surface area contributed by atoms with Crippen LogP contribution < -0.4 is 10.2 Å². The number of nitrogens with zero attached hydrogens (tertiary/aromatic N) is 3. The number of thiazole rings is 1. The van der Waals surface area contributed by atoms with E-state index in [1.165, 1.54) is 0 Å². The van der Waals surface area contributed by atoms with Gasteiger partial charge in [-0.25, -0.2) is 4.98 Å². The summed E-state index contributed by atoms with van der Waals surface area (Å²) in [6.07, 6.45) is 0. The minimum Gasteiger partial charge on any atom is -0.382 e. The van der Waals surface area contributed by atoms with E-state index in [1.54, 1.807) is 36.6 Å². The third kappa shape index (κ3) is 2.88. The molecule has 0 fully saturated rings. The van der Waals surface area contributed by atoms with Gasteiger partial charge in [0, 0.05) is 19.5 Å². The average molecular weight is 292 g/mol. The van der Waals surface area contributed by atoms with Gasteiger partial charge in [-0.3, -0.25) is 10.1 Å². The molecule has 0 atom stereocenters. The van der Waals surface area contributed by atoms with Crippen molar-refractivity contribution in [3.05, 3.63) is 44.4 Å². The molecule has 0 aliphatic rings. The van der Waals surface area contributed by atoms with E-state index >= 15 is 0 Å². The van der Waals surface area contributed by atoms with Crippen LogP contribution in [0.1, 0.15) is 10.7 Å². The van der Waals surface area contributed by atoms with Crippen molar-refractivity contribution in [2.75, 3.05) is 24.3 Å². The molecule has 1 heterocycles. The fourth-order valence-electron chi connectivity index (χ4n) is 2.04. The Morgan fingerprint density at radius 1 is 1.50 bits per heavy atom. The molecule has 1 N–H and O–H groups in total. The first-order chi connectivity index (χ1) is 9.52. The lowest BCUT2D eigenvalue weighted by atomic mass is 10.2. The predicted molar refractivity (Wildman–Crippen MR) is 81.6 cm³/mol. The molecule has 2 rings (SSSR count). The van der Waals surface area contributed by atoms with Crippen LogP contribution in [0.25, 0.3) is 0 Å². The zero-order valence-corrected chi connectivity index (χ0v) is 12.4. The molecule has 0 aliphatic heterocycles. The van der Waals surface area contributed by atoms with Crippen LogP contribution in [-0.2, 0) is 6.54 Å².